The van der Waals surface area contributed by atoms with Crippen LogP contribution in [0.4, 0.5) is 11.4 Å². The number of hydrogen-bond donors (Lipinski definition) is 3. The average Bonchev–Trinajstić information content (AvgIpc) is 2.83. The van der Waals surface area contributed by atoms with Crippen molar-refractivity contribution in [3.8, 4) is 0 Å². The zero-order chi connectivity index (χ0) is 31.6. The minimum atomic E-state index is -0.103. The Labute approximate surface area is 261 Å². The summed E-state index contributed by atoms with van der Waals surface area (Å²) in [6.45, 7) is 27.1. The molecule has 42 heavy (non-hydrogen) atoms. The van der Waals surface area contributed by atoms with Gasteiger partial charge in [-0.05, 0) is 132 Å². The van der Waals surface area contributed by atoms with Crippen molar-refractivity contribution >= 4 is 11.4 Å². The van der Waals surface area contributed by atoms with Gasteiger partial charge in [0.05, 0.1) is 0 Å². The molecule has 2 aliphatic heterocycles. The van der Waals surface area contributed by atoms with Crippen molar-refractivity contribution in [1.82, 2.24) is 15.5 Å². The van der Waals surface area contributed by atoms with Gasteiger partial charge in [0.25, 0.3) is 0 Å². The molecule has 0 spiro atoms. The molecule has 0 saturated carbocycles. The van der Waals surface area contributed by atoms with Crippen LogP contribution in [0.1, 0.15) is 146 Å². The maximum absolute atomic E-state index is 3.89. The number of nitrogens with zero attached hydrogens (tertiary/aromatic N) is 2. The standard InChI is InChI=1S/C37H69N5/c1-14-15-16-17-18-19-20-38-29-21-28(37(10,11)42(13)32-26-35(6,7)40-36(8,9)27-32)22-30(23-29)41(12)31-24-33(2,3)39-34(4,5)25-31/h21-23,31-32,38-40H,14-20,24-27H2,1-13H3. The molecule has 0 atom stereocenters. The fraction of sp³-hybridized carbons (Fsp3) is 0.838. The Balaban J connectivity index is 1.90. The highest BCUT2D eigenvalue weighted by atomic mass is 15.2. The van der Waals surface area contributed by atoms with Gasteiger partial charge in [-0.2, -0.15) is 0 Å². The molecule has 1 aromatic rings. The first kappa shape index (κ1) is 35.2. The highest BCUT2D eigenvalue weighted by Gasteiger charge is 2.43. The molecule has 5 heteroatoms. The van der Waals surface area contributed by atoms with Gasteiger partial charge in [-0.3, -0.25) is 4.90 Å². The highest BCUT2D eigenvalue weighted by Crippen LogP contribution is 2.40. The van der Waals surface area contributed by atoms with Crippen LogP contribution in [0.5, 0.6) is 0 Å². The zero-order valence-corrected chi connectivity index (χ0v) is 30.1. The van der Waals surface area contributed by atoms with Gasteiger partial charge in [-0.25, -0.2) is 0 Å². The number of anilines is 2. The van der Waals surface area contributed by atoms with Crippen molar-refractivity contribution in [3.63, 3.8) is 0 Å². The van der Waals surface area contributed by atoms with Gasteiger partial charge in [0.1, 0.15) is 0 Å². The molecular weight excluding hydrogens is 514 g/mol. The van der Waals surface area contributed by atoms with Gasteiger partial charge in [-0.1, -0.05) is 39.0 Å². The van der Waals surface area contributed by atoms with Crippen LogP contribution in [0.25, 0.3) is 0 Å². The summed E-state index contributed by atoms with van der Waals surface area (Å²) in [7, 11) is 4.69. The van der Waals surface area contributed by atoms with Crippen LogP contribution in [0.15, 0.2) is 18.2 Å². The molecule has 2 aliphatic rings. The van der Waals surface area contributed by atoms with Gasteiger partial charge in [0.2, 0.25) is 0 Å². The van der Waals surface area contributed by atoms with E-state index >= 15 is 0 Å². The Kier molecular flexibility index (Phi) is 11.2. The van der Waals surface area contributed by atoms with Gasteiger partial charge in [-0.15, -0.1) is 0 Å². The summed E-state index contributed by atoms with van der Waals surface area (Å²) in [4.78, 5) is 5.25. The van der Waals surface area contributed by atoms with E-state index in [0.717, 1.165) is 32.2 Å². The lowest BCUT2D eigenvalue weighted by molar-refractivity contribution is 0.0229. The first-order valence-electron chi connectivity index (χ1n) is 17.2. The summed E-state index contributed by atoms with van der Waals surface area (Å²) in [5.41, 5.74) is 4.38. The number of hydrogen-bond acceptors (Lipinski definition) is 5. The quantitative estimate of drug-likeness (QED) is 0.203. The minimum Gasteiger partial charge on any atom is -0.385 e. The van der Waals surface area contributed by atoms with Crippen LogP contribution < -0.4 is 20.9 Å². The number of rotatable bonds is 13. The summed E-state index contributed by atoms with van der Waals surface area (Å²) >= 11 is 0. The third-order valence-corrected chi connectivity index (χ3v) is 10.2. The third kappa shape index (κ3) is 9.60. The maximum Gasteiger partial charge on any atom is 0.0405 e. The number of nitrogens with one attached hydrogen (secondary N) is 3. The van der Waals surface area contributed by atoms with E-state index in [1.165, 1.54) is 55.5 Å². The molecule has 3 rings (SSSR count). The van der Waals surface area contributed by atoms with E-state index in [0.29, 0.717) is 12.1 Å². The minimum absolute atomic E-state index is 0.103. The molecule has 5 nitrogen and oxygen atoms in total. The Hall–Kier alpha value is -1.30. The Morgan fingerprint density at radius 3 is 1.71 bits per heavy atom. The zero-order valence-electron chi connectivity index (χ0n) is 30.1. The lowest BCUT2D eigenvalue weighted by atomic mass is 9.77. The summed E-state index contributed by atoms with van der Waals surface area (Å²) in [6, 6.07) is 8.35. The van der Waals surface area contributed by atoms with Gasteiger partial charge >= 0.3 is 0 Å². The van der Waals surface area contributed by atoms with Crippen molar-refractivity contribution in [2.75, 3.05) is 30.9 Å². The van der Waals surface area contributed by atoms with Crippen LogP contribution in [0, 0.1) is 0 Å². The second kappa shape index (κ2) is 13.4. The number of benzene rings is 1. The SMILES string of the molecule is CCCCCCCCNc1cc(N(C)C2CC(C)(C)NC(C)(C)C2)cc(C(C)(C)N(C)C2CC(C)(C)NC(C)(C)C2)c1. The predicted molar refractivity (Wildman–Crippen MR) is 186 cm³/mol. The fourth-order valence-electron chi connectivity index (χ4n) is 8.36. The Morgan fingerprint density at radius 2 is 1.19 bits per heavy atom. The van der Waals surface area contributed by atoms with Crippen LogP contribution in [0.3, 0.4) is 0 Å². The fourth-order valence-corrected chi connectivity index (χ4v) is 8.36. The molecule has 242 valence electrons. The second-order valence-corrected chi connectivity index (χ2v) is 17.2. The van der Waals surface area contributed by atoms with E-state index in [9.17, 15) is 0 Å². The molecule has 2 heterocycles. The van der Waals surface area contributed by atoms with E-state index < -0.39 is 0 Å². The van der Waals surface area contributed by atoms with Crippen molar-refractivity contribution in [2.24, 2.45) is 0 Å². The lowest BCUT2D eigenvalue weighted by Crippen LogP contribution is -2.63. The van der Waals surface area contributed by atoms with Gasteiger partial charge < -0.3 is 20.9 Å². The predicted octanol–water partition coefficient (Wildman–Crippen LogP) is 8.68. The molecule has 0 radical (unpaired) electrons. The summed E-state index contributed by atoms with van der Waals surface area (Å²) < 4.78 is 0. The van der Waals surface area contributed by atoms with Crippen LogP contribution in [-0.2, 0) is 5.54 Å². The van der Waals surface area contributed by atoms with Crippen molar-refractivity contribution < 1.29 is 0 Å². The summed E-state index contributed by atoms with van der Waals surface area (Å²) in [5, 5.41) is 11.6. The lowest BCUT2D eigenvalue weighted by Gasteiger charge is -2.52. The van der Waals surface area contributed by atoms with Crippen LogP contribution in [0.2, 0.25) is 0 Å². The molecule has 0 bridgehead atoms. The smallest absolute Gasteiger partial charge is 0.0405 e. The topological polar surface area (TPSA) is 42.6 Å². The monoisotopic (exact) mass is 584 g/mol. The van der Waals surface area contributed by atoms with Crippen LogP contribution in [-0.4, -0.2) is 59.8 Å². The van der Waals surface area contributed by atoms with E-state index in [1.54, 1.807) is 0 Å². The van der Waals surface area contributed by atoms with E-state index in [2.05, 4.69) is 134 Å². The highest BCUT2D eigenvalue weighted by molar-refractivity contribution is 5.62. The Bertz CT molecular complexity index is 975. The van der Waals surface area contributed by atoms with Crippen molar-refractivity contribution in [3.05, 3.63) is 23.8 Å². The largest absolute Gasteiger partial charge is 0.385 e. The summed E-state index contributed by atoms with van der Waals surface area (Å²) in [5.74, 6) is 0. The molecule has 0 unspecified atom stereocenters. The van der Waals surface area contributed by atoms with Gasteiger partial charge in [0, 0.05) is 64.7 Å². The van der Waals surface area contributed by atoms with E-state index in [1.807, 2.05) is 0 Å². The molecular formula is C37H69N5. The van der Waals surface area contributed by atoms with E-state index in [4.69, 9.17) is 0 Å². The number of piperidine rings is 2. The molecule has 2 saturated heterocycles. The number of unbranched alkanes of at least 4 members (excludes halogenated alkanes) is 5. The van der Waals surface area contributed by atoms with Crippen molar-refractivity contribution in [2.45, 2.75) is 180 Å². The first-order valence-corrected chi connectivity index (χ1v) is 17.2. The third-order valence-electron chi connectivity index (χ3n) is 10.2. The Morgan fingerprint density at radius 1 is 0.714 bits per heavy atom. The summed E-state index contributed by atoms with van der Waals surface area (Å²) in [6.07, 6.45) is 12.5. The molecule has 0 amide bonds. The van der Waals surface area contributed by atoms with E-state index in [-0.39, 0.29) is 27.7 Å². The molecule has 1 aromatic carbocycles. The molecule has 0 aromatic heterocycles. The molecule has 3 N–H and O–H groups in total. The second-order valence-electron chi connectivity index (χ2n) is 17.2. The van der Waals surface area contributed by atoms with Crippen molar-refractivity contribution in [1.29, 1.82) is 0 Å². The molecule has 2 fully saturated rings. The van der Waals surface area contributed by atoms with Crippen LogP contribution >= 0.6 is 0 Å². The molecule has 0 aliphatic carbocycles. The first-order chi connectivity index (χ1) is 19.3. The van der Waals surface area contributed by atoms with Gasteiger partial charge in [0.15, 0.2) is 0 Å². The normalized spacial score (nSPS) is 22.3. The maximum atomic E-state index is 3.89. The average molecular weight is 584 g/mol.